The minimum Gasteiger partial charge on any atom is -0.481 e. The minimum atomic E-state index is -0.876. The van der Waals surface area contributed by atoms with Crippen molar-refractivity contribution in [3.63, 3.8) is 0 Å². The second-order valence-electron chi connectivity index (χ2n) is 3.49. The predicted octanol–water partition coefficient (Wildman–Crippen LogP) is 1.39. The number of fused-ring (bicyclic) bond motifs is 1. The zero-order valence-corrected chi connectivity index (χ0v) is 8.16. The number of carbonyl (C=O) groups is 1. The Morgan fingerprint density at radius 2 is 2.29 bits per heavy atom. The van der Waals surface area contributed by atoms with E-state index in [2.05, 4.69) is 0 Å². The SMILES string of the molecule is NC1Cc2c(Cl)cccc2C1C(=O)O. The van der Waals surface area contributed by atoms with Crippen LogP contribution in [0.2, 0.25) is 5.02 Å². The van der Waals surface area contributed by atoms with E-state index in [0.717, 1.165) is 11.1 Å². The average molecular weight is 212 g/mol. The summed E-state index contributed by atoms with van der Waals surface area (Å²) in [6.07, 6.45) is 0.548. The molecule has 3 nitrogen and oxygen atoms in total. The quantitative estimate of drug-likeness (QED) is 0.738. The summed E-state index contributed by atoms with van der Waals surface area (Å²) < 4.78 is 0. The molecule has 0 aromatic heterocycles. The van der Waals surface area contributed by atoms with E-state index in [1.165, 1.54) is 0 Å². The van der Waals surface area contributed by atoms with Crippen molar-refractivity contribution < 1.29 is 9.90 Å². The zero-order valence-electron chi connectivity index (χ0n) is 7.40. The third-order valence-electron chi connectivity index (χ3n) is 2.62. The van der Waals surface area contributed by atoms with E-state index in [4.69, 9.17) is 22.4 Å². The summed E-state index contributed by atoms with van der Waals surface area (Å²) in [5, 5.41) is 9.61. The van der Waals surface area contributed by atoms with Crippen LogP contribution in [0.4, 0.5) is 0 Å². The van der Waals surface area contributed by atoms with Crippen molar-refractivity contribution in [2.45, 2.75) is 18.4 Å². The molecule has 3 N–H and O–H groups in total. The second kappa shape index (κ2) is 3.26. The summed E-state index contributed by atoms with van der Waals surface area (Å²) in [5.41, 5.74) is 7.40. The third kappa shape index (κ3) is 1.29. The molecule has 2 unspecified atom stereocenters. The lowest BCUT2D eigenvalue weighted by molar-refractivity contribution is -0.139. The van der Waals surface area contributed by atoms with Gasteiger partial charge in [-0.2, -0.15) is 0 Å². The van der Waals surface area contributed by atoms with Gasteiger partial charge in [0.25, 0.3) is 0 Å². The first kappa shape index (κ1) is 9.49. The molecule has 1 aliphatic carbocycles. The minimum absolute atomic E-state index is 0.359. The van der Waals surface area contributed by atoms with Gasteiger partial charge in [0.1, 0.15) is 0 Å². The van der Waals surface area contributed by atoms with Gasteiger partial charge in [-0.05, 0) is 23.6 Å². The molecule has 0 bridgehead atoms. The number of benzene rings is 1. The summed E-state index contributed by atoms with van der Waals surface area (Å²) in [6, 6.07) is 4.95. The molecule has 0 radical (unpaired) electrons. The molecule has 0 saturated heterocycles. The van der Waals surface area contributed by atoms with E-state index in [1.54, 1.807) is 18.2 Å². The number of aliphatic carboxylic acids is 1. The van der Waals surface area contributed by atoms with Crippen molar-refractivity contribution in [1.82, 2.24) is 0 Å². The fourth-order valence-electron chi connectivity index (χ4n) is 1.98. The molecule has 1 aliphatic rings. The smallest absolute Gasteiger partial charge is 0.312 e. The molecule has 0 fully saturated rings. The van der Waals surface area contributed by atoms with Crippen LogP contribution in [0.5, 0.6) is 0 Å². The molecule has 0 spiro atoms. The van der Waals surface area contributed by atoms with E-state index in [0.29, 0.717) is 11.4 Å². The van der Waals surface area contributed by atoms with E-state index in [-0.39, 0.29) is 6.04 Å². The van der Waals surface area contributed by atoms with Crippen molar-refractivity contribution >= 4 is 17.6 Å². The van der Waals surface area contributed by atoms with Gasteiger partial charge in [-0.3, -0.25) is 4.79 Å². The maximum atomic E-state index is 11.0. The molecule has 0 aliphatic heterocycles. The van der Waals surface area contributed by atoms with E-state index < -0.39 is 11.9 Å². The Labute approximate surface area is 86.5 Å². The summed E-state index contributed by atoms with van der Waals surface area (Å²) in [7, 11) is 0. The van der Waals surface area contributed by atoms with E-state index >= 15 is 0 Å². The molecule has 1 aromatic carbocycles. The Balaban J connectivity index is 2.53. The van der Waals surface area contributed by atoms with Crippen molar-refractivity contribution in [2.75, 3.05) is 0 Å². The van der Waals surface area contributed by atoms with Gasteiger partial charge in [0.2, 0.25) is 0 Å². The molecule has 2 rings (SSSR count). The van der Waals surface area contributed by atoms with Crippen LogP contribution < -0.4 is 5.73 Å². The van der Waals surface area contributed by atoms with Crippen LogP contribution in [-0.2, 0) is 11.2 Å². The zero-order chi connectivity index (χ0) is 10.3. The fourth-order valence-corrected chi connectivity index (χ4v) is 2.24. The highest BCUT2D eigenvalue weighted by Crippen LogP contribution is 2.36. The summed E-state index contributed by atoms with van der Waals surface area (Å²) in [6.45, 7) is 0. The Morgan fingerprint density at radius 3 is 2.93 bits per heavy atom. The largest absolute Gasteiger partial charge is 0.481 e. The van der Waals surface area contributed by atoms with E-state index in [1.807, 2.05) is 0 Å². The molecule has 2 atom stereocenters. The number of carboxylic acids is 1. The molecular weight excluding hydrogens is 202 g/mol. The summed E-state index contributed by atoms with van der Waals surface area (Å²) in [4.78, 5) is 11.0. The van der Waals surface area contributed by atoms with Gasteiger partial charge in [-0.1, -0.05) is 23.7 Å². The van der Waals surface area contributed by atoms with Crippen molar-refractivity contribution in [3.05, 3.63) is 34.3 Å². The first-order valence-electron chi connectivity index (χ1n) is 4.37. The van der Waals surface area contributed by atoms with Crippen LogP contribution in [0.25, 0.3) is 0 Å². The van der Waals surface area contributed by atoms with Crippen molar-refractivity contribution in [2.24, 2.45) is 5.73 Å². The highest BCUT2D eigenvalue weighted by Gasteiger charge is 2.36. The van der Waals surface area contributed by atoms with Crippen molar-refractivity contribution in [3.8, 4) is 0 Å². The van der Waals surface area contributed by atoms with E-state index in [9.17, 15) is 4.79 Å². The number of hydrogen-bond donors (Lipinski definition) is 2. The molecule has 74 valence electrons. The van der Waals surface area contributed by atoms with Gasteiger partial charge in [-0.25, -0.2) is 0 Å². The maximum Gasteiger partial charge on any atom is 0.312 e. The Morgan fingerprint density at radius 1 is 1.57 bits per heavy atom. The molecule has 0 heterocycles. The Hall–Kier alpha value is -1.06. The molecular formula is C10H10ClNO2. The lowest BCUT2D eigenvalue weighted by atomic mass is 9.99. The maximum absolute atomic E-state index is 11.0. The Bertz CT molecular complexity index is 392. The number of nitrogens with two attached hydrogens (primary N) is 1. The summed E-state index contributed by atoms with van der Waals surface area (Å²) in [5.74, 6) is -1.48. The normalized spacial score (nSPS) is 24.7. The molecule has 0 amide bonds. The molecule has 14 heavy (non-hydrogen) atoms. The first-order valence-corrected chi connectivity index (χ1v) is 4.74. The number of carboxylic acid groups (broad SMARTS) is 1. The average Bonchev–Trinajstić information content (AvgIpc) is 2.42. The van der Waals surface area contributed by atoms with Crippen LogP contribution in [0, 0.1) is 0 Å². The first-order chi connectivity index (χ1) is 6.61. The molecule has 4 heteroatoms. The van der Waals surface area contributed by atoms with Gasteiger partial charge in [-0.15, -0.1) is 0 Å². The third-order valence-corrected chi connectivity index (χ3v) is 2.98. The number of rotatable bonds is 1. The van der Waals surface area contributed by atoms with Gasteiger partial charge < -0.3 is 10.8 Å². The van der Waals surface area contributed by atoms with Gasteiger partial charge in [0.05, 0.1) is 5.92 Å². The highest BCUT2D eigenvalue weighted by atomic mass is 35.5. The fraction of sp³-hybridized carbons (Fsp3) is 0.300. The van der Waals surface area contributed by atoms with Crippen LogP contribution >= 0.6 is 11.6 Å². The van der Waals surface area contributed by atoms with Crippen LogP contribution in [-0.4, -0.2) is 17.1 Å². The Kier molecular flexibility index (Phi) is 2.21. The lowest BCUT2D eigenvalue weighted by Gasteiger charge is -2.10. The van der Waals surface area contributed by atoms with Gasteiger partial charge >= 0.3 is 5.97 Å². The molecule has 1 aromatic rings. The number of halogens is 1. The number of hydrogen-bond acceptors (Lipinski definition) is 2. The van der Waals surface area contributed by atoms with Crippen LogP contribution in [0.1, 0.15) is 17.0 Å². The summed E-state index contributed by atoms with van der Waals surface area (Å²) >= 11 is 5.96. The predicted molar refractivity (Wildman–Crippen MR) is 53.5 cm³/mol. The standard InChI is InChI=1S/C10H10ClNO2/c11-7-3-1-2-5-6(7)4-8(12)9(5)10(13)14/h1-3,8-9H,4,12H2,(H,13,14). The van der Waals surface area contributed by atoms with Crippen LogP contribution in [0.15, 0.2) is 18.2 Å². The van der Waals surface area contributed by atoms with Crippen LogP contribution in [0.3, 0.4) is 0 Å². The van der Waals surface area contributed by atoms with Gasteiger partial charge in [0.15, 0.2) is 0 Å². The van der Waals surface area contributed by atoms with Crippen molar-refractivity contribution in [1.29, 1.82) is 0 Å². The second-order valence-corrected chi connectivity index (χ2v) is 3.90. The monoisotopic (exact) mass is 211 g/mol. The lowest BCUT2D eigenvalue weighted by Crippen LogP contribution is -2.30. The molecule has 0 saturated carbocycles. The van der Waals surface area contributed by atoms with Gasteiger partial charge in [0, 0.05) is 11.1 Å². The highest BCUT2D eigenvalue weighted by molar-refractivity contribution is 6.31. The topological polar surface area (TPSA) is 63.3 Å².